The van der Waals surface area contributed by atoms with Gasteiger partial charge < -0.3 is 19.7 Å². The molecule has 1 fully saturated rings. The molecule has 0 saturated carbocycles. The monoisotopic (exact) mass is 369 g/mol. The third-order valence-electron chi connectivity index (χ3n) is 4.28. The number of carbonyl (C=O) groups excluding carboxylic acids is 2. The Hall–Kier alpha value is -2.93. The quantitative estimate of drug-likeness (QED) is 0.844. The first-order valence-electron chi connectivity index (χ1n) is 8.94. The van der Waals surface area contributed by atoms with E-state index in [-0.39, 0.29) is 25.0 Å². The van der Waals surface area contributed by atoms with Gasteiger partial charge in [-0.2, -0.15) is 0 Å². The molecule has 142 valence electrons. The molecule has 2 amide bonds. The minimum atomic E-state index is -0.426. The third kappa shape index (κ3) is 5.79. The number of ether oxygens (including phenoxy) is 2. The lowest BCUT2D eigenvalue weighted by Gasteiger charge is -2.34. The van der Waals surface area contributed by atoms with E-state index in [0.717, 1.165) is 11.3 Å². The molecule has 7 nitrogen and oxygen atoms in total. The molecular weight excluding hydrogens is 346 g/mol. The predicted octanol–water partition coefficient (Wildman–Crippen LogP) is 2.13. The molecule has 1 aromatic heterocycles. The standard InChI is InChI=1S/C20H23N3O4/c24-19(22-13-17-8-4-5-9-21-17)12-18-15-26-11-10-23(18)20(25)27-14-16-6-2-1-3-7-16/h1-9,18H,10-15H2,(H,22,24)/t18-/m0/s1. The Morgan fingerprint density at radius 2 is 2.00 bits per heavy atom. The number of amides is 2. The van der Waals surface area contributed by atoms with Crippen LogP contribution in [-0.2, 0) is 27.4 Å². The summed E-state index contributed by atoms with van der Waals surface area (Å²) in [5.74, 6) is -0.156. The molecule has 0 bridgehead atoms. The fourth-order valence-electron chi connectivity index (χ4n) is 2.84. The minimum Gasteiger partial charge on any atom is -0.445 e. The van der Waals surface area contributed by atoms with E-state index in [4.69, 9.17) is 9.47 Å². The SMILES string of the molecule is O=C(C[C@H]1COCCN1C(=O)OCc1ccccc1)NCc1ccccn1. The summed E-state index contributed by atoms with van der Waals surface area (Å²) >= 11 is 0. The van der Waals surface area contributed by atoms with Crippen molar-refractivity contribution in [2.24, 2.45) is 0 Å². The van der Waals surface area contributed by atoms with E-state index in [1.807, 2.05) is 48.5 Å². The number of nitrogens with zero attached hydrogens (tertiary/aromatic N) is 2. The van der Waals surface area contributed by atoms with E-state index in [1.54, 1.807) is 11.1 Å². The van der Waals surface area contributed by atoms with Crippen LogP contribution in [0.15, 0.2) is 54.7 Å². The van der Waals surface area contributed by atoms with Crippen molar-refractivity contribution in [3.8, 4) is 0 Å². The van der Waals surface area contributed by atoms with Crippen molar-refractivity contribution in [2.75, 3.05) is 19.8 Å². The Kier molecular flexibility index (Phi) is 6.76. The maximum absolute atomic E-state index is 12.4. The number of pyridine rings is 1. The fraction of sp³-hybridized carbons (Fsp3) is 0.350. The van der Waals surface area contributed by atoms with E-state index in [9.17, 15) is 9.59 Å². The van der Waals surface area contributed by atoms with Crippen molar-refractivity contribution in [3.05, 3.63) is 66.0 Å². The van der Waals surface area contributed by atoms with Crippen LogP contribution in [-0.4, -0.2) is 47.7 Å². The first kappa shape index (κ1) is 18.8. The summed E-state index contributed by atoms with van der Waals surface area (Å²) in [7, 11) is 0. The molecule has 0 unspecified atom stereocenters. The zero-order valence-corrected chi connectivity index (χ0v) is 15.0. The minimum absolute atomic E-state index is 0.156. The summed E-state index contributed by atoms with van der Waals surface area (Å²) in [6, 6.07) is 14.7. The highest BCUT2D eigenvalue weighted by Gasteiger charge is 2.30. The van der Waals surface area contributed by atoms with Crippen LogP contribution in [0, 0.1) is 0 Å². The predicted molar refractivity (Wildman–Crippen MR) is 98.6 cm³/mol. The van der Waals surface area contributed by atoms with Gasteiger partial charge in [-0.05, 0) is 17.7 Å². The van der Waals surface area contributed by atoms with Gasteiger partial charge in [0.2, 0.25) is 5.91 Å². The van der Waals surface area contributed by atoms with E-state index in [1.165, 1.54) is 0 Å². The lowest BCUT2D eigenvalue weighted by atomic mass is 10.1. The normalized spacial score (nSPS) is 16.6. The number of morpholine rings is 1. The second-order valence-corrected chi connectivity index (χ2v) is 6.26. The Labute approximate surface area is 158 Å². The lowest BCUT2D eigenvalue weighted by Crippen LogP contribution is -2.50. The Morgan fingerprint density at radius 1 is 1.19 bits per heavy atom. The second-order valence-electron chi connectivity index (χ2n) is 6.26. The number of benzene rings is 1. The van der Waals surface area contributed by atoms with Gasteiger partial charge in [-0.15, -0.1) is 0 Å². The molecule has 27 heavy (non-hydrogen) atoms. The Bertz CT molecular complexity index is 739. The van der Waals surface area contributed by atoms with E-state index < -0.39 is 6.09 Å². The lowest BCUT2D eigenvalue weighted by molar-refractivity contribution is -0.123. The van der Waals surface area contributed by atoms with E-state index >= 15 is 0 Å². The van der Waals surface area contributed by atoms with Gasteiger partial charge in [-0.3, -0.25) is 9.78 Å². The highest BCUT2D eigenvalue weighted by Crippen LogP contribution is 2.13. The zero-order valence-electron chi connectivity index (χ0n) is 15.0. The Balaban J connectivity index is 1.50. The number of carbonyl (C=O) groups is 2. The molecule has 1 aliphatic heterocycles. The summed E-state index contributed by atoms with van der Waals surface area (Å²) in [6.45, 7) is 1.72. The summed E-state index contributed by atoms with van der Waals surface area (Å²) in [5, 5.41) is 2.83. The first-order valence-corrected chi connectivity index (χ1v) is 8.94. The average Bonchev–Trinajstić information content (AvgIpc) is 2.72. The molecule has 2 heterocycles. The summed E-state index contributed by atoms with van der Waals surface area (Å²) in [5.41, 5.74) is 1.70. The van der Waals surface area contributed by atoms with Crippen LogP contribution in [0.1, 0.15) is 17.7 Å². The first-order chi connectivity index (χ1) is 13.2. The molecule has 2 aromatic rings. The topological polar surface area (TPSA) is 80.8 Å². The maximum atomic E-state index is 12.4. The van der Waals surface area contributed by atoms with Crippen molar-refractivity contribution in [1.82, 2.24) is 15.2 Å². The van der Waals surface area contributed by atoms with Gasteiger partial charge >= 0.3 is 6.09 Å². The highest BCUT2D eigenvalue weighted by molar-refractivity contribution is 5.77. The number of nitrogens with one attached hydrogen (secondary N) is 1. The number of aromatic nitrogens is 1. The van der Waals surface area contributed by atoms with Gasteiger partial charge in [0.05, 0.1) is 31.5 Å². The zero-order chi connectivity index (χ0) is 18.9. The largest absolute Gasteiger partial charge is 0.445 e. The molecule has 7 heteroatoms. The molecule has 1 aromatic carbocycles. The molecule has 1 aliphatic rings. The summed E-state index contributed by atoms with van der Waals surface area (Å²) in [6.07, 6.45) is 1.42. The molecular formula is C20H23N3O4. The van der Waals surface area contributed by atoms with Crippen molar-refractivity contribution in [1.29, 1.82) is 0 Å². The van der Waals surface area contributed by atoms with Gasteiger partial charge in [0.25, 0.3) is 0 Å². The van der Waals surface area contributed by atoms with Gasteiger partial charge in [-0.25, -0.2) is 4.79 Å². The molecule has 0 aliphatic carbocycles. The van der Waals surface area contributed by atoms with Crippen LogP contribution in [0.4, 0.5) is 4.79 Å². The van der Waals surface area contributed by atoms with Crippen LogP contribution in [0.5, 0.6) is 0 Å². The van der Waals surface area contributed by atoms with E-state index in [2.05, 4.69) is 10.3 Å². The molecule has 0 radical (unpaired) electrons. The van der Waals surface area contributed by atoms with Gasteiger partial charge in [0, 0.05) is 19.2 Å². The number of hydrogen-bond acceptors (Lipinski definition) is 5. The van der Waals surface area contributed by atoms with Crippen molar-refractivity contribution >= 4 is 12.0 Å². The van der Waals surface area contributed by atoms with Crippen molar-refractivity contribution in [3.63, 3.8) is 0 Å². The van der Waals surface area contributed by atoms with Crippen molar-refractivity contribution in [2.45, 2.75) is 25.6 Å². The van der Waals surface area contributed by atoms with Crippen LogP contribution < -0.4 is 5.32 Å². The fourth-order valence-corrected chi connectivity index (χ4v) is 2.84. The summed E-state index contributed by atoms with van der Waals surface area (Å²) < 4.78 is 10.8. The van der Waals surface area contributed by atoms with Gasteiger partial charge in [-0.1, -0.05) is 36.4 Å². The molecule has 0 spiro atoms. The van der Waals surface area contributed by atoms with Crippen molar-refractivity contribution < 1.29 is 19.1 Å². The molecule has 1 atom stereocenters. The second kappa shape index (κ2) is 9.68. The van der Waals surface area contributed by atoms with Crippen LogP contribution >= 0.6 is 0 Å². The number of rotatable bonds is 6. The van der Waals surface area contributed by atoms with Crippen LogP contribution in [0.3, 0.4) is 0 Å². The highest BCUT2D eigenvalue weighted by atomic mass is 16.6. The van der Waals surface area contributed by atoms with Crippen LogP contribution in [0.2, 0.25) is 0 Å². The molecule has 3 rings (SSSR count). The molecule has 1 N–H and O–H groups in total. The third-order valence-corrected chi connectivity index (χ3v) is 4.28. The van der Waals surface area contributed by atoms with Gasteiger partial charge in [0.1, 0.15) is 6.61 Å². The Morgan fingerprint density at radius 3 is 2.78 bits per heavy atom. The van der Waals surface area contributed by atoms with Crippen LogP contribution in [0.25, 0.3) is 0 Å². The average molecular weight is 369 g/mol. The maximum Gasteiger partial charge on any atom is 0.410 e. The smallest absolute Gasteiger partial charge is 0.410 e. The number of hydrogen-bond donors (Lipinski definition) is 1. The van der Waals surface area contributed by atoms with Gasteiger partial charge in [0.15, 0.2) is 0 Å². The summed E-state index contributed by atoms with van der Waals surface area (Å²) in [4.78, 5) is 30.5. The molecule has 1 saturated heterocycles. The van der Waals surface area contributed by atoms with E-state index in [0.29, 0.717) is 26.3 Å².